The number of amides is 1. The first kappa shape index (κ1) is 20.3. The van der Waals surface area contributed by atoms with Gasteiger partial charge < -0.3 is 15.2 Å². The molecule has 3 aliphatic rings. The molecule has 5 rings (SSSR count). The minimum Gasteiger partial charge on any atom is -0.487 e. The summed E-state index contributed by atoms with van der Waals surface area (Å²) in [7, 11) is 0. The van der Waals surface area contributed by atoms with Crippen LogP contribution in [0.5, 0.6) is 0 Å². The van der Waals surface area contributed by atoms with Gasteiger partial charge in [-0.2, -0.15) is 0 Å². The highest BCUT2D eigenvalue weighted by molar-refractivity contribution is 6.36. The summed E-state index contributed by atoms with van der Waals surface area (Å²) in [5.74, 6) is 0.591. The molecule has 162 valence electrons. The molecule has 2 aromatic carbocycles. The number of fused-ring (bicyclic) bond motifs is 2. The van der Waals surface area contributed by atoms with Crippen LogP contribution >= 0.6 is 0 Å². The number of benzene rings is 2. The van der Waals surface area contributed by atoms with E-state index in [1.165, 1.54) is 37.7 Å². The molecule has 2 aliphatic heterocycles. The van der Waals surface area contributed by atoms with Gasteiger partial charge in [0, 0.05) is 41.5 Å². The number of carbonyl (C=O) groups excluding carboxylic acids is 1. The maximum absolute atomic E-state index is 12.6. The molecule has 1 fully saturated rings. The van der Waals surface area contributed by atoms with Gasteiger partial charge in [-0.25, -0.2) is 0 Å². The lowest BCUT2D eigenvalue weighted by atomic mass is 9.93. The predicted octanol–water partition coefficient (Wildman–Crippen LogP) is 4.21. The lowest BCUT2D eigenvalue weighted by molar-refractivity contribution is -0.110. The molecule has 0 saturated heterocycles. The molecule has 0 aromatic heterocycles. The van der Waals surface area contributed by atoms with E-state index in [1.54, 1.807) is 0 Å². The summed E-state index contributed by atoms with van der Waals surface area (Å²) in [6.07, 6.45) is 7.40. The van der Waals surface area contributed by atoms with Crippen LogP contribution in [0.4, 0.5) is 5.69 Å². The SMILES string of the molecule is O=C1Nc2ccccc2C1=C1OCc2cc(CCN(CCO)C3CCCCC3)ccc21. The van der Waals surface area contributed by atoms with Gasteiger partial charge in [-0.15, -0.1) is 0 Å². The van der Waals surface area contributed by atoms with Crippen LogP contribution < -0.4 is 5.32 Å². The summed E-state index contributed by atoms with van der Waals surface area (Å²) in [5.41, 5.74) is 5.83. The van der Waals surface area contributed by atoms with Crippen molar-refractivity contribution in [2.24, 2.45) is 0 Å². The Labute approximate surface area is 183 Å². The molecule has 1 aliphatic carbocycles. The average Bonchev–Trinajstić information content (AvgIpc) is 3.36. The second-order valence-corrected chi connectivity index (χ2v) is 8.79. The third-order valence-corrected chi connectivity index (χ3v) is 6.85. The van der Waals surface area contributed by atoms with E-state index in [4.69, 9.17) is 4.74 Å². The van der Waals surface area contributed by atoms with Gasteiger partial charge in [-0.05, 0) is 30.9 Å². The molecule has 0 radical (unpaired) electrons. The third kappa shape index (κ3) is 4.00. The van der Waals surface area contributed by atoms with E-state index in [0.29, 0.717) is 24.0 Å². The number of ether oxygens (including phenoxy) is 1. The Morgan fingerprint density at radius 3 is 2.71 bits per heavy atom. The molecule has 2 aromatic rings. The Morgan fingerprint density at radius 1 is 1.03 bits per heavy atom. The van der Waals surface area contributed by atoms with Crippen LogP contribution in [-0.2, 0) is 22.6 Å². The molecule has 0 unspecified atom stereocenters. The fraction of sp³-hybridized carbons (Fsp3) is 0.423. The smallest absolute Gasteiger partial charge is 0.260 e. The number of hydrogen-bond donors (Lipinski definition) is 2. The Hall–Kier alpha value is -2.63. The molecule has 0 atom stereocenters. The van der Waals surface area contributed by atoms with Crippen molar-refractivity contribution in [3.8, 4) is 0 Å². The van der Waals surface area contributed by atoms with Crippen LogP contribution in [0.1, 0.15) is 54.4 Å². The first-order valence-corrected chi connectivity index (χ1v) is 11.5. The number of aliphatic hydroxyl groups excluding tert-OH is 1. The Balaban J connectivity index is 1.35. The minimum absolute atomic E-state index is 0.0970. The number of para-hydroxylation sites is 1. The first-order chi connectivity index (χ1) is 15.2. The van der Waals surface area contributed by atoms with Gasteiger partial charge in [-0.1, -0.05) is 55.7 Å². The van der Waals surface area contributed by atoms with E-state index in [9.17, 15) is 9.90 Å². The Bertz CT molecular complexity index is 1010. The minimum atomic E-state index is -0.0970. The third-order valence-electron chi connectivity index (χ3n) is 6.85. The van der Waals surface area contributed by atoms with Crippen molar-refractivity contribution in [3.63, 3.8) is 0 Å². The summed E-state index contributed by atoms with van der Waals surface area (Å²) in [6, 6.07) is 14.8. The zero-order valence-electron chi connectivity index (χ0n) is 17.9. The van der Waals surface area contributed by atoms with Gasteiger partial charge in [0.2, 0.25) is 0 Å². The lowest BCUT2D eigenvalue weighted by Gasteiger charge is -2.34. The van der Waals surface area contributed by atoms with Gasteiger partial charge in [0.15, 0.2) is 0 Å². The van der Waals surface area contributed by atoms with Crippen molar-refractivity contribution in [1.82, 2.24) is 4.90 Å². The largest absolute Gasteiger partial charge is 0.487 e. The molecule has 1 amide bonds. The molecular weight excluding hydrogens is 388 g/mol. The van der Waals surface area contributed by atoms with Crippen LogP contribution in [0.15, 0.2) is 42.5 Å². The van der Waals surface area contributed by atoms with Crippen LogP contribution in [0.2, 0.25) is 0 Å². The molecule has 0 bridgehead atoms. The standard InChI is InChI=1S/C26H30N2O3/c29-15-14-28(20-6-2-1-3-7-20)13-12-18-10-11-21-19(16-18)17-31-25(21)24-22-8-4-5-9-23(22)27-26(24)30/h4-5,8-11,16,20,29H,1-3,6-7,12-15,17H2,(H,27,30). The molecule has 1 saturated carbocycles. The van der Waals surface area contributed by atoms with E-state index >= 15 is 0 Å². The second kappa shape index (κ2) is 8.85. The summed E-state index contributed by atoms with van der Waals surface area (Å²) in [4.78, 5) is 15.1. The van der Waals surface area contributed by atoms with Gasteiger partial charge in [0.1, 0.15) is 12.4 Å². The number of aliphatic hydroxyl groups is 1. The topological polar surface area (TPSA) is 61.8 Å². The summed E-state index contributed by atoms with van der Waals surface area (Å²) >= 11 is 0. The predicted molar refractivity (Wildman–Crippen MR) is 122 cm³/mol. The summed E-state index contributed by atoms with van der Waals surface area (Å²) in [6.45, 7) is 2.44. The number of nitrogens with zero attached hydrogens (tertiary/aromatic N) is 1. The highest BCUT2D eigenvalue weighted by Crippen LogP contribution is 2.41. The van der Waals surface area contributed by atoms with Crippen molar-refractivity contribution < 1.29 is 14.6 Å². The number of nitrogens with one attached hydrogen (secondary N) is 1. The van der Waals surface area contributed by atoms with Crippen molar-refractivity contribution >= 4 is 22.9 Å². The molecule has 2 N–H and O–H groups in total. The van der Waals surface area contributed by atoms with Gasteiger partial charge >= 0.3 is 0 Å². The van der Waals surface area contributed by atoms with E-state index in [-0.39, 0.29) is 12.5 Å². The molecule has 5 heteroatoms. The van der Waals surface area contributed by atoms with Crippen LogP contribution in [0, 0.1) is 0 Å². The van der Waals surface area contributed by atoms with E-state index in [1.807, 2.05) is 24.3 Å². The average molecular weight is 419 g/mol. The summed E-state index contributed by atoms with van der Waals surface area (Å²) in [5, 5.41) is 12.5. The van der Waals surface area contributed by atoms with E-state index in [2.05, 4.69) is 28.4 Å². The highest BCUT2D eigenvalue weighted by atomic mass is 16.5. The molecule has 2 heterocycles. The number of hydrogen-bond acceptors (Lipinski definition) is 4. The maximum atomic E-state index is 12.6. The maximum Gasteiger partial charge on any atom is 0.260 e. The molecule has 5 nitrogen and oxygen atoms in total. The second-order valence-electron chi connectivity index (χ2n) is 8.79. The van der Waals surface area contributed by atoms with E-state index < -0.39 is 0 Å². The lowest BCUT2D eigenvalue weighted by Crippen LogP contribution is -2.40. The van der Waals surface area contributed by atoms with Crippen LogP contribution in [0.25, 0.3) is 11.3 Å². The monoisotopic (exact) mass is 418 g/mol. The van der Waals surface area contributed by atoms with E-state index in [0.717, 1.165) is 41.9 Å². The zero-order valence-corrected chi connectivity index (χ0v) is 17.9. The first-order valence-electron chi connectivity index (χ1n) is 11.5. The quantitative estimate of drug-likeness (QED) is 0.690. The van der Waals surface area contributed by atoms with Crippen molar-refractivity contribution in [3.05, 3.63) is 64.7 Å². The zero-order chi connectivity index (χ0) is 21.2. The fourth-order valence-corrected chi connectivity index (χ4v) is 5.24. The number of rotatable bonds is 6. The Morgan fingerprint density at radius 2 is 1.87 bits per heavy atom. The van der Waals surface area contributed by atoms with Crippen molar-refractivity contribution in [1.29, 1.82) is 0 Å². The molecule has 0 spiro atoms. The number of anilines is 1. The molecular formula is C26H30N2O3. The van der Waals surface area contributed by atoms with Crippen LogP contribution in [-0.4, -0.2) is 41.7 Å². The van der Waals surface area contributed by atoms with Gasteiger partial charge in [-0.3, -0.25) is 9.69 Å². The fourth-order valence-electron chi connectivity index (χ4n) is 5.24. The highest BCUT2D eigenvalue weighted by Gasteiger charge is 2.32. The van der Waals surface area contributed by atoms with Gasteiger partial charge in [0.25, 0.3) is 5.91 Å². The normalized spacial score (nSPS) is 20.5. The Kier molecular flexibility index (Phi) is 5.79. The van der Waals surface area contributed by atoms with Crippen molar-refractivity contribution in [2.75, 3.05) is 25.0 Å². The van der Waals surface area contributed by atoms with Gasteiger partial charge in [0.05, 0.1) is 12.2 Å². The summed E-state index contributed by atoms with van der Waals surface area (Å²) < 4.78 is 6.02. The van der Waals surface area contributed by atoms with Crippen molar-refractivity contribution in [2.45, 2.75) is 51.2 Å². The number of carbonyl (C=O) groups is 1. The molecule has 31 heavy (non-hydrogen) atoms. The van der Waals surface area contributed by atoms with Crippen LogP contribution in [0.3, 0.4) is 0 Å².